The van der Waals surface area contributed by atoms with Crippen molar-refractivity contribution in [2.75, 3.05) is 0 Å². The number of fused-ring (bicyclic) bond motifs is 1. The van der Waals surface area contributed by atoms with Crippen LogP contribution in [0.3, 0.4) is 0 Å². The molecule has 3 rings (SSSR count). The molecule has 0 radical (unpaired) electrons. The topological polar surface area (TPSA) is 45.8 Å². The molecule has 3 nitrogen and oxygen atoms in total. The summed E-state index contributed by atoms with van der Waals surface area (Å²) in [5, 5.41) is 1.89. The Morgan fingerprint density at radius 1 is 1.27 bits per heavy atom. The van der Waals surface area contributed by atoms with Crippen molar-refractivity contribution < 1.29 is 0 Å². The van der Waals surface area contributed by atoms with Gasteiger partial charge in [-0.15, -0.1) is 23.1 Å². The quantitative estimate of drug-likeness (QED) is 0.644. The van der Waals surface area contributed by atoms with Crippen LogP contribution in [0.5, 0.6) is 0 Å². The highest BCUT2D eigenvalue weighted by Gasteiger charge is 2.13. The second-order valence-electron chi connectivity index (χ2n) is 4.82. The van der Waals surface area contributed by atoms with E-state index < -0.39 is 0 Å². The Kier molecular flexibility index (Phi) is 4.50. The molecule has 114 valence electrons. The van der Waals surface area contributed by atoms with Crippen molar-refractivity contribution in [3.63, 3.8) is 0 Å². The van der Waals surface area contributed by atoms with Crippen LogP contribution in [0.15, 0.2) is 27.9 Å². The summed E-state index contributed by atoms with van der Waals surface area (Å²) in [6, 6.07) is 5.39. The van der Waals surface area contributed by atoms with E-state index >= 15 is 0 Å². The lowest BCUT2D eigenvalue weighted by Crippen LogP contribution is -2.10. The molecule has 1 aromatic carbocycles. The van der Waals surface area contributed by atoms with Crippen molar-refractivity contribution >= 4 is 56.5 Å². The Bertz CT molecular complexity index is 898. The van der Waals surface area contributed by atoms with Gasteiger partial charge in [0.05, 0.1) is 21.2 Å². The van der Waals surface area contributed by atoms with E-state index in [0.29, 0.717) is 27.0 Å². The second-order valence-corrected chi connectivity index (χ2v) is 7.82. The summed E-state index contributed by atoms with van der Waals surface area (Å²) in [5.41, 5.74) is 0.912. The summed E-state index contributed by atoms with van der Waals surface area (Å²) < 4.78 is 0. The Morgan fingerprint density at radius 2 is 1.95 bits per heavy atom. The number of aromatic nitrogens is 2. The number of rotatable bonds is 3. The number of nitrogens with zero attached hydrogens (tertiary/aromatic N) is 1. The predicted molar refractivity (Wildman–Crippen MR) is 95.7 cm³/mol. The molecule has 0 atom stereocenters. The van der Waals surface area contributed by atoms with Crippen LogP contribution in [0, 0.1) is 13.8 Å². The predicted octanol–water partition coefficient (Wildman–Crippen LogP) is 5.20. The van der Waals surface area contributed by atoms with Gasteiger partial charge in [0.1, 0.15) is 10.7 Å². The summed E-state index contributed by atoms with van der Waals surface area (Å²) in [6.45, 7) is 3.95. The van der Waals surface area contributed by atoms with Gasteiger partial charge in [-0.3, -0.25) is 4.79 Å². The Balaban J connectivity index is 1.93. The second kappa shape index (κ2) is 6.24. The smallest absolute Gasteiger partial charge is 0.259 e. The summed E-state index contributed by atoms with van der Waals surface area (Å²) in [5.74, 6) is 1.13. The Labute approximate surface area is 145 Å². The summed E-state index contributed by atoms with van der Waals surface area (Å²) in [6.07, 6.45) is 0. The van der Waals surface area contributed by atoms with Gasteiger partial charge >= 0.3 is 0 Å². The van der Waals surface area contributed by atoms with Gasteiger partial charge in [0, 0.05) is 9.77 Å². The zero-order valence-electron chi connectivity index (χ0n) is 11.9. The average molecular weight is 371 g/mol. The fraction of sp³-hybridized carbons (Fsp3) is 0.200. The molecule has 2 heterocycles. The van der Waals surface area contributed by atoms with E-state index in [4.69, 9.17) is 23.2 Å². The number of hydrogen-bond donors (Lipinski definition) is 1. The first-order valence-electron chi connectivity index (χ1n) is 6.53. The number of nitrogens with one attached hydrogen (secondary N) is 1. The Hall–Kier alpha value is -1.01. The first-order valence-corrected chi connectivity index (χ1v) is 9.09. The number of thiophene rings is 1. The monoisotopic (exact) mass is 370 g/mol. The lowest BCUT2D eigenvalue weighted by atomic mass is 10.2. The SMILES string of the molecule is Cc1sc2nc(CSc3c(Cl)cccc3Cl)[nH]c(=O)c2c1C. The molecule has 0 saturated heterocycles. The molecule has 7 heteroatoms. The maximum absolute atomic E-state index is 12.2. The zero-order valence-corrected chi connectivity index (χ0v) is 15.0. The first-order chi connectivity index (χ1) is 10.5. The maximum Gasteiger partial charge on any atom is 0.259 e. The zero-order chi connectivity index (χ0) is 15.9. The van der Waals surface area contributed by atoms with Crippen LogP contribution in [-0.2, 0) is 5.75 Å². The number of aromatic amines is 1. The number of benzene rings is 1. The van der Waals surface area contributed by atoms with Gasteiger partial charge in [-0.2, -0.15) is 0 Å². The molecule has 2 aromatic heterocycles. The van der Waals surface area contributed by atoms with E-state index in [0.717, 1.165) is 20.2 Å². The van der Waals surface area contributed by atoms with Crippen LogP contribution in [0.4, 0.5) is 0 Å². The molecule has 0 aliphatic rings. The van der Waals surface area contributed by atoms with Crippen LogP contribution < -0.4 is 5.56 Å². The number of aryl methyl sites for hydroxylation is 2. The van der Waals surface area contributed by atoms with Crippen LogP contribution >= 0.6 is 46.3 Å². The third-order valence-electron chi connectivity index (χ3n) is 3.36. The van der Waals surface area contributed by atoms with E-state index in [2.05, 4.69) is 9.97 Å². The molecular formula is C15H12Cl2N2OS2. The summed E-state index contributed by atoms with van der Waals surface area (Å²) in [7, 11) is 0. The molecule has 1 N–H and O–H groups in total. The fourth-order valence-electron chi connectivity index (χ4n) is 2.13. The van der Waals surface area contributed by atoms with Crippen molar-refractivity contribution in [2.45, 2.75) is 24.5 Å². The fourth-order valence-corrected chi connectivity index (χ4v) is 4.73. The van der Waals surface area contributed by atoms with Crippen molar-refractivity contribution in [3.05, 3.63) is 54.9 Å². The largest absolute Gasteiger partial charge is 0.309 e. The summed E-state index contributed by atoms with van der Waals surface area (Å²) >= 11 is 15.3. The van der Waals surface area contributed by atoms with Crippen molar-refractivity contribution in [3.8, 4) is 0 Å². The van der Waals surface area contributed by atoms with Crippen molar-refractivity contribution in [2.24, 2.45) is 0 Å². The van der Waals surface area contributed by atoms with Crippen LogP contribution in [0.2, 0.25) is 10.0 Å². The van der Waals surface area contributed by atoms with Crippen LogP contribution in [-0.4, -0.2) is 9.97 Å². The minimum absolute atomic E-state index is 0.0901. The molecule has 0 saturated carbocycles. The first kappa shape index (κ1) is 15.9. The molecule has 0 spiro atoms. The molecule has 0 unspecified atom stereocenters. The highest BCUT2D eigenvalue weighted by molar-refractivity contribution is 7.98. The molecule has 0 aliphatic carbocycles. The van der Waals surface area contributed by atoms with E-state index in [9.17, 15) is 4.79 Å². The standard InChI is InChI=1S/C15H12Cl2N2OS2/c1-7-8(2)22-15-12(7)14(20)18-11(19-15)6-21-13-9(16)4-3-5-10(13)17/h3-5H,6H2,1-2H3,(H,18,19,20). The van der Waals surface area contributed by atoms with E-state index in [-0.39, 0.29) is 5.56 Å². The van der Waals surface area contributed by atoms with Gasteiger partial charge in [-0.25, -0.2) is 4.98 Å². The molecule has 3 aromatic rings. The molecule has 0 amide bonds. The highest BCUT2D eigenvalue weighted by Crippen LogP contribution is 2.35. The molecule has 0 aliphatic heterocycles. The van der Waals surface area contributed by atoms with Gasteiger partial charge in [0.25, 0.3) is 5.56 Å². The van der Waals surface area contributed by atoms with E-state index in [1.165, 1.54) is 11.8 Å². The lowest BCUT2D eigenvalue weighted by Gasteiger charge is -2.06. The van der Waals surface area contributed by atoms with Gasteiger partial charge in [-0.1, -0.05) is 29.3 Å². The third-order valence-corrected chi connectivity index (χ3v) is 6.46. The van der Waals surface area contributed by atoms with E-state index in [1.54, 1.807) is 29.5 Å². The van der Waals surface area contributed by atoms with Gasteiger partial charge in [0.2, 0.25) is 0 Å². The number of halogens is 2. The summed E-state index contributed by atoms with van der Waals surface area (Å²) in [4.78, 5) is 22.3. The average Bonchev–Trinajstić information content (AvgIpc) is 2.74. The number of thioether (sulfide) groups is 1. The van der Waals surface area contributed by atoms with Crippen LogP contribution in [0.1, 0.15) is 16.3 Å². The molecule has 0 bridgehead atoms. The van der Waals surface area contributed by atoms with Crippen molar-refractivity contribution in [1.82, 2.24) is 9.97 Å². The van der Waals surface area contributed by atoms with Gasteiger partial charge < -0.3 is 4.98 Å². The molecule has 22 heavy (non-hydrogen) atoms. The van der Waals surface area contributed by atoms with E-state index in [1.807, 2.05) is 13.8 Å². The molecule has 0 fully saturated rings. The number of H-pyrrole nitrogens is 1. The Morgan fingerprint density at radius 3 is 2.64 bits per heavy atom. The minimum Gasteiger partial charge on any atom is -0.309 e. The maximum atomic E-state index is 12.2. The number of hydrogen-bond acceptors (Lipinski definition) is 4. The van der Waals surface area contributed by atoms with Gasteiger partial charge in [-0.05, 0) is 31.5 Å². The highest BCUT2D eigenvalue weighted by atomic mass is 35.5. The lowest BCUT2D eigenvalue weighted by molar-refractivity contribution is 1.04. The van der Waals surface area contributed by atoms with Gasteiger partial charge in [0.15, 0.2) is 0 Å². The van der Waals surface area contributed by atoms with Crippen LogP contribution in [0.25, 0.3) is 10.2 Å². The third kappa shape index (κ3) is 2.91. The molecular weight excluding hydrogens is 359 g/mol. The normalized spacial score (nSPS) is 11.3. The van der Waals surface area contributed by atoms with Crippen molar-refractivity contribution in [1.29, 1.82) is 0 Å². The minimum atomic E-state index is -0.0901.